The van der Waals surface area contributed by atoms with Crippen molar-refractivity contribution in [2.75, 3.05) is 7.11 Å². The maximum absolute atomic E-state index is 12.2. The lowest BCUT2D eigenvalue weighted by Gasteiger charge is -2.16. The summed E-state index contributed by atoms with van der Waals surface area (Å²) in [6.07, 6.45) is 0. The number of hydrogen-bond acceptors (Lipinski definition) is 1. The molecule has 1 radical (unpaired) electrons. The summed E-state index contributed by atoms with van der Waals surface area (Å²) in [6.45, 7) is 2.94. The number of alkyl halides is 1. The molecule has 0 spiro atoms. The molecule has 8 heavy (non-hydrogen) atoms. The third-order valence-electron chi connectivity index (χ3n) is 0.968. The SMILES string of the molecule is COC([O])(F)C(C)C. The van der Waals surface area contributed by atoms with Gasteiger partial charge in [0.05, 0.1) is 0 Å². The highest BCUT2D eigenvalue weighted by molar-refractivity contribution is 4.53. The van der Waals surface area contributed by atoms with E-state index in [0.717, 1.165) is 7.11 Å². The van der Waals surface area contributed by atoms with Crippen LogP contribution < -0.4 is 0 Å². The molecule has 2 nitrogen and oxygen atoms in total. The van der Waals surface area contributed by atoms with Gasteiger partial charge in [0.2, 0.25) is 0 Å². The average Bonchev–Trinajstić information content (AvgIpc) is 1.67. The van der Waals surface area contributed by atoms with Crippen molar-refractivity contribution in [2.24, 2.45) is 5.92 Å². The minimum Gasteiger partial charge on any atom is -0.325 e. The number of hydrogen-bond donors (Lipinski definition) is 0. The number of ether oxygens (including phenoxy) is 1. The first-order chi connectivity index (χ1) is 3.50. The van der Waals surface area contributed by atoms with E-state index in [9.17, 15) is 9.50 Å². The van der Waals surface area contributed by atoms with E-state index in [1.165, 1.54) is 13.8 Å². The minimum absolute atomic E-state index is 0.632. The molecule has 0 bridgehead atoms. The molecule has 49 valence electrons. The Balaban J connectivity index is 3.71. The van der Waals surface area contributed by atoms with Crippen LogP contribution in [-0.4, -0.2) is 13.2 Å². The molecule has 0 aromatic heterocycles. The Morgan fingerprint density at radius 2 is 2.00 bits per heavy atom. The van der Waals surface area contributed by atoms with Crippen LogP contribution >= 0.6 is 0 Å². The minimum atomic E-state index is -2.71. The van der Waals surface area contributed by atoms with Crippen LogP contribution in [0.25, 0.3) is 0 Å². The highest BCUT2D eigenvalue weighted by Gasteiger charge is 2.32. The summed E-state index contributed by atoms with van der Waals surface area (Å²) >= 11 is 0. The van der Waals surface area contributed by atoms with E-state index in [-0.39, 0.29) is 0 Å². The van der Waals surface area contributed by atoms with Gasteiger partial charge in [-0.3, -0.25) is 0 Å². The van der Waals surface area contributed by atoms with Crippen molar-refractivity contribution in [1.82, 2.24) is 0 Å². The van der Waals surface area contributed by atoms with Crippen molar-refractivity contribution < 1.29 is 14.2 Å². The van der Waals surface area contributed by atoms with E-state index in [1.807, 2.05) is 0 Å². The predicted octanol–water partition coefficient (Wildman–Crippen LogP) is 1.34. The molecule has 0 saturated carbocycles. The van der Waals surface area contributed by atoms with Gasteiger partial charge in [-0.05, 0) is 0 Å². The van der Waals surface area contributed by atoms with E-state index in [4.69, 9.17) is 0 Å². The Kier molecular flexibility index (Phi) is 2.37. The molecular weight excluding hydrogens is 111 g/mol. The standard InChI is InChI=1S/C5H10FO2/c1-4(2)5(6,7)8-3/h4H,1-3H3. The molecule has 1 atom stereocenters. The van der Waals surface area contributed by atoms with Crippen molar-refractivity contribution in [2.45, 2.75) is 19.9 Å². The lowest BCUT2D eigenvalue weighted by molar-refractivity contribution is -0.334. The first-order valence-corrected chi connectivity index (χ1v) is 2.45. The Morgan fingerprint density at radius 3 is 2.00 bits per heavy atom. The summed E-state index contributed by atoms with van der Waals surface area (Å²) in [5.74, 6) is -0.632. The fraction of sp³-hybridized carbons (Fsp3) is 1.00. The monoisotopic (exact) mass is 121 g/mol. The van der Waals surface area contributed by atoms with Gasteiger partial charge >= 0.3 is 6.04 Å². The third-order valence-corrected chi connectivity index (χ3v) is 0.968. The highest BCUT2D eigenvalue weighted by atomic mass is 19.2. The maximum atomic E-state index is 12.2. The van der Waals surface area contributed by atoms with Crippen molar-refractivity contribution in [1.29, 1.82) is 0 Å². The Hall–Kier alpha value is -0.150. The van der Waals surface area contributed by atoms with Gasteiger partial charge in [-0.25, -0.2) is 0 Å². The van der Waals surface area contributed by atoms with Gasteiger partial charge in [0.1, 0.15) is 0 Å². The average molecular weight is 121 g/mol. The number of halogens is 1. The van der Waals surface area contributed by atoms with Crippen molar-refractivity contribution >= 4 is 0 Å². The van der Waals surface area contributed by atoms with E-state index in [2.05, 4.69) is 4.74 Å². The van der Waals surface area contributed by atoms with Crippen LogP contribution in [0.2, 0.25) is 0 Å². The van der Waals surface area contributed by atoms with Gasteiger partial charge < -0.3 is 4.74 Å². The molecule has 1 unspecified atom stereocenters. The van der Waals surface area contributed by atoms with Crippen LogP contribution in [0.5, 0.6) is 0 Å². The Morgan fingerprint density at radius 1 is 1.62 bits per heavy atom. The van der Waals surface area contributed by atoms with Gasteiger partial charge in [0.25, 0.3) is 0 Å². The molecule has 0 heterocycles. The molecule has 0 aliphatic carbocycles. The van der Waals surface area contributed by atoms with Gasteiger partial charge in [-0.15, -0.1) is 0 Å². The van der Waals surface area contributed by atoms with Crippen molar-refractivity contribution in [3.8, 4) is 0 Å². The summed E-state index contributed by atoms with van der Waals surface area (Å²) in [4.78, 5) is 0. The molecule has 3 heteroatoms. The summed E-state index contributed by atoms with van der Waals surface area (Å²) in [6, 6.07) is -2.71. The molecule has 0 fully saturated rings. The summed E-state index contributed by atoms with van der Waals surface area (Å²) < 4.78 is 16.1. The Bertz CT molecular complexity index is 70.8. The Labute approximate surface area is 48.3 Å². The lowest BCUT2D eigenvalue weighted by atomic mass is 10.2. The van der Waals surface area contributed by atoms with Crippen LogP contribution in [0.3, 0.4) is 0 Å². The van der Waals surface area contributed by atoms with Crippen LogP contribution in [0.15, 0.2) is 0 Å². The smallest absolute Gasteiger partial charge is 0.325 e. The van der Waals surface area contributed by atoms with Gasteiger partial charge in [-0.2, -0.15) is 9.50 Å². The van der Waals surface area contributed by atoms with Crippen LogP contribution in [0.4, 0.5) is 4.39 Å². The fourth-order valence-electron chi connectivity index (χ4n) is 0.236. The molecule has 0 saturated heterocycles. The van der Waals surface area contributed by atoms with E-state index >= 15 is 0 Å². The largest absolute Gasteiger partial charge is 0.349 e. The van der Waals surface area contributed by atoms with Crippen molar-refractivity contribution in [3.05, 3.63) is 0 Å². The zero-order chi connectivity index (χ0) is 6.78. The van der Waals surface area contributed by atoms with Gasteiger partial charge in [0, 0.05) is 13.0 Å². The first-order valence-electron chi connectivity index (χ1n) is 2.45. The quantitative estimate of drug-likeness (QED) is 0.507. The van der Waals surface area contributed by atoms with Gasteiger partial charge in [-0.1, -0.05) is 13.8 Å². The third kappa shape index (κ3) is 1.76. The second kappa shape index (κ2) is 2.42. The van der Waals surface area contributed by atoms with Gasteiger partial charge in [0.15, 0.2) is 0 Å². The second-order valence-corrected chi connectivity index (χ2v) is 1.94. The van der Waals surface area contributed by atoms with Crippen molar-refractivity contribution in [3.63, 3.8) is 0 Å². The molecule has 0 aliphatic rings. The maximum Gasteiger partial charge on any atom is 0.349 e. The topological polar surface area (TPSA) is 29.1 Å². The van der Waals surface area contributed by atoms with E-state index in [1.54, 1.807) is 0 Å². The lowest BCUT2D eigenvalue weighted by Crippen LogP contribution is -2.29. The first kappa shape index (κ1) is 7.85. The number of methoxy groups -OCH3 is 1. The van der Waals surface area contributed by atoms with E-state index < -0.39 is 12.0 Å². The van der Waals surface area contributed by atoms with E-state index in [0.29, 0.717) is 0 Å². The predicted molar refractivity (Wildman–Crippen MR) is 26.4 cm³/mol. The second-order valence-electron chi connectivity index (χ2n) is 1.94. The van der Waals surface area contributed by atoms with Crippen LogP contribution in [0, 0.1) is 5.92 Å². The number of rotatable bonds is 2. The van der Waals surface area contributed by atoms with Crippen LogP contribution in [0.1, 0.15) is 13.8 Å². The molecule has 0 N–H and O–H groups in total. The molecule has 0 rings (SSSR count). The summed E-state index contributed by atoms with van der Waals surface area (Å²) in [7, 11) is 1.06. The van der Waals surface area contributed by atoms with Crippen LogP contribution in [-0.2, 0) is 9.84 Å². The molecule has 0 amide bonds. The summed E-state index contributed by atoms with van der Waals surface area (Å²) in [5, 5.41) is 10.3. The zero-order valence-corrected chi connectivity index (χ0v) is 5.27. The molecule has 0 aromatic rings. The molecule has 0 aliphatic heterocycles. The summed E-state index contributed by atoms with van der Waals surface area (Å²) in [5.41, 5.74) is 0. The normalized spacial score (nSPS) is 18.8. The molecule has 0 aromatic carbocycles. The fourth-order valence-corrected chi connectivity index (χ4v) is 0.236. The highest BCUT2D eigenvalue weighted by Crippen LogP contribution is 2.18. The molecular formula is C5H10FO2. The zero-order valence-electron chi connectivity index (χ0n) is 5.27.